The Hall–Kier alpha value is -3.43. The van der Waals surface area contributed by atoms with E-state index in [9.17, 15) is 28.0 Å². The summed E-state index contributed by atoms with van der Waals surface area (Å²) in [5.41, 5.74) is 0.167. The average molecular weight is 491 g/mol. The van der Waals surface area contributed by atoms with E-state index in [0.29, 0.717) is 12.1 Å². The standard InChI is InChI=1S/C25H29F3N4O3/c1-16(13-21(29)17-8-10-18(11-9-17)22-7-2-3-12-32(22)35)31-23(33)15-30-24(34)19-5-4-6-20(14-19)25(26,27)28/h2-7,12,14,16-18,29H,8-11,13,15H2,1H3,(H,30,34)(H,31,33)/t16-,17?,18?/m1/s1. The molecule has 7 nitrogen and oxygen atoms in total. The maximum absolute atomic E-state index is 12.8. The quantitative estimate of drug-likeness (QED) is 0.296. The zero-order valence-corrected chi connectivity index (χ0v) is 19.4. The van der Waals surface area contributed by atoms with Gasteiger partial charge >= 0.3 is 6.18 Å². The first-order valence-electron chi connectivity index (χ1n) is 11.5. The fourth-order valence-electron chi connectivity index (χ4n) is 4.47. The van der Waals surface area contributed by atoms with E-state index < -0.39 is 23.6 Å². The summed E-state index contributed by atoms with van der Waals surface area (Å²) >= 11 is 0. The molecule has 3 N–H and O–H groups in total. The van der Waals surface area contributed by atoms with E-state index in [1.807, 2.05) is 12.1 Å². The third-order valence-corrected chi connectivity index (χ3v) is 6.29. The minimum absolute atomic E-state index is 0.0926. The molecule has 1 aliphatic rings. The Morgan fingerprint density at radius 1 is 1.14 bits per heavy atom. The molecule has 3 rings (SSSR count). The predicted octanol–water partition coefficient (Wildman–Crippen LogP) is 3.96. The number of hydrogen-bond acceptors (Lipinski definition) is 4. The van der Waals surface area contributed by atoms with Gasteiger partial charge in [-0.05, 0) is 56.7 Å². The van der Waals surface area contributed by atoms with Crippen LogP contribution in [0.15, 0.2) is 48.7 Å². The van der Waals surface area contributed by atoms with Gasteiger partial charge in [-0.1, -0.05) is 12.1 Å². The number of aromatic nitrogens is 1. The Balaban J connectivity index is 1.41. The van der Waals surface area contributed by atoms with Crippen LogP contribution in [0.3, 0.4) is 0 Å². The first kappa shape index (κ1) is 26.2. The Bertz CT molecular complexity index is 1070. The molecule has 1 saturated carbocycles. The van der Waals surface area contributed by atoms with Crippen molar-refractivity contribution < 1.29 is 27.5 Å². The molecule has 188 valence electrons. The van der Waals surface area contributed by atoms with Crippen LogP contribution in [0.1, 0.15) is 66.6 Å². The molecule has 0 radical (unpaired) electrons. The summed E-state index contributed by atoms with van der Waals surface area (Å²) in [6.07, 6.45) is 0.527. The van der Waals surface area contributed by atoms with Gasteiger partial charge in [-0.2, -0.15) is 17.9 Å². The van der Waals surface area contributed by atoms with Crippen LogP contribution in [0, 0.1) is 16.5 Å². The van der Waals surface area contributed by atoms with Gasteiger partial charge in [-0.15, -0.1) is 0 Å². The Labute approximate surface area is 201 Å². The molecule has 1 aromatic heterocycles. The number of halogens is 3. The van der Waals surface area contributed by atoms with Crippen LogP contribution in [0.5, 0.6) is 0 Å². The molecule has 0 spiro atoms. The van der Waals surface area contributed by atoms with Gasteiger partial charge in [0.25, 0.3) is 5.91 Å². The van der Waals surface area contributed by atoms with Crippen molar-refractivity contribution in [3.05, 3.63) is 70.7 Å². The third kappa shape index (κ3) is 7.27. The lowest BCUT2D eigenvalue weighted by atomic mass is 9.77. The van der Waals surface area contributed by atoms with Crippen molar-refractivity contribution in [2.45, 2.75) is 57.2 Å². The molecule has 2 amide bonds. The van der Waals surface area contributed by atoms with Crippen molar-refractivity contribution >= 4 is 17.5 Å². The summed E-state index contributed by atoms with van der Waals surface area (Å²) in [5.74, 6) is -0.995. The average Bonchev–Trinajstić information content (AvgIpc) is 2.82. The number of nitrogens with one attached hydrogen (secondary N) is 3. The molecule has 1 aliphatic carbocycles. The van der Waals surface area contributed by atoms with Gasteiger partial charge in [0.2, 0.25) is 5.91 Å². The normalized spacial score (nSPS) is 19.0. The van der Waals surface area contributed by atoms with Crippen LogP contribution in [0.25, 0.3) is 0 Å². The van der Waals surface area contributed by atoms with Crippen molar-refractivity contribution in [1.82, 2.24) is 10.6 Å². The van der Waals surface area contributed by atoms with Gasteiger partial charge < -0.3 is 21.3 Å². The van der Waals surface area contributed by atoms with Crippen molar-refractivity contribution in [3.8, 4) is 0 Å². The summed E-state index contributed by atoms with van der Waals surface area (Å²) in [6, 6.07) is 9.04. The Morgan fingerprint density at radius 3 is 2.51 bits per heavy atom. The molecule has 1 atom stereocenters. The summed E-state index contributed by atoms with van der Waals surface area (Å²) in [7, 11) is 0. The van der Waals surface area contributed by atoms with Crippen molar-refractivity contribution in [2.24, 2.45) is 5.92 Å². The summed E-state index contributed by atoms with van der Waals surface area (Å²) in [6.45, 7) is 1.38. The van der Waals surface area contributed by atoms with E-state index in [0.717, 1.165) is 54.3 Å². The molecule has 10 heteroatoms. The summed E-state index contributed by atoms with van der Waals surface area (Å²) in [4.78, 5) is 24.3. The molecular formula is C25H29F3N4O3. The Morgan fingerprint density at radius 2 is 1.86 bits per heavy atom. The van der Waals surface area contributed by atoms with Crippen molar-refractivity contribution in [2.75, 3.05) is 6.54 Å². The van der Waals surface area contributed by atoms with Crippen molar-refractivity contribution in [3.63, 3.8) is 0 Å². The van der Waals surface area contributed by atoms with Crippen LogP contribution in [0.4, 0.5) is 13.2 Å². The van der Waals surface area contributed by atoms with E-state index in [2.05, 4.69) is 10.6 Å². The fourth-order valence-corrected chi connectivity index (χ4v) is 4.47. The van der Waals surface area contributed by atoms with Crippen LogP contribution in [-0.4, -0.2) is 30.1 Å². The van der Waals surface area contributed by atoms with E-state index in [4.69, 9.17) is 5.41 Å². The molecular weight excluding hydrogens is 461 g/mol. The second kappa shape index (κ2) is 11.3. The number of carbonyl (C=O) groups is 2. The van der Waals surface area contributed by atoms with Crippen LogP contribution >= 0.6 is 0 Å². The summed E-state index contributed by atoms with van der Waals surface area (Å²) in [5, 5.41) is 25.5. The van der Waals surface area contributed by atoms with Gasteiger partial charge in [-0.3, -0.25) is 9.59 Å². The third-order valence-electron chi connectivity index (χ3n) is 6.29. The smallest absolute Gasteiger partial charge is 0.416 e. The number of rotatable bonds is 8. The summed E-state index contributed by atoms with van der Waals surface area (Å²) < 4.78 is 39.3. The predicted molar refractivity (Wildman–Crippen MR) is 124 cm³/mol. The largest absolute Gasteiger partial charge is 0.618 e. The van der Waals surface area contributed by atoms with Gasteiger partial charge in [0.15, 0.2) is 11.9 Å². The van der Waals surface area contributed by atoms with Crippen LogP contribution in [0.2, 0.25) is 0 Å². The zero-order chi connectivity index (χ0) is 25.6. The molecule has 2 aromatic rings. The van der Waals surface area contributed by atoms with E-state index in [-0.39, 0.29) is 30.0 Å². The first-order valence-corrected chi connectivity index (χ1v) is 11.5. The minimum atomic E-state index is -4.56. The maximum atomic E-state index is 12.8. The highest BCUT2D eigenvalue weighted by Gasteiger charge is 2.31. The molecule has 1 aromatic carbocycles. The molecule has 0 aliphatic heterocycles. The second-order valence-electron chi connectivity index (χ2n) is 8.96. The zero-order valence-electron chi connectivity index (χ0n) is 19.4. The second-order valence-corrected chi connectivity index (χ2v) is 8.96. The molecule has 0 bridgehead atoms. The lowest BCUT2D eigenvalue weighted by molar-refractivity contribution is -0.616. The van der Waals surface area contributed by atoms with Crippen LogP contribution < -0.4 is 15.4 Å². The molecule has 1 fully saturated rings. The molecule has 1 heterocycles. The highest BCUT2D eigenvalue weighted by Crippen LogP contribution is 2.35. The number of benzene rings is 1. The Kier molecular flexibility index (Phi) is 8.48. The number of amides is 2. The monoisotopic (exact) mass is 490 g/mol. The van der Waals surface area contributed by atoms with Gasteiger partial charge in [-0.25, -0.2) is 0 Å². The SMILES string of the molecule is C[C@H](CC(=N)C1CCC(c2cccc[n+]2[O-])CC1)NC(=O)CNC(=O)c1cccc(C(F)(F)F)c1. The number of carbonyl (C=O) groups excluding carboxylic acids is 2. The topological polar surface area (TPSA) is 109 Å². The first-order chi connectivity index (χ1) is 16.5. The highest BCUT2D eigenvalue weighted by atomic mass is 19.4. The van der Waals surface area contributed by atoms with Gasteiger partial charge in [0.05, 0.1) is 12.1 Å². The molecule has 35 heavy (non-hydrogen) atoms. The van der Waals surface area contributed by atoms with Gasteiger partial charge in [0.1, 0.15) is 0 Å². The maximum Gasteiger partial charge on any atom is 0.416 e. The molecule has 0 unspecified atom stereocenters. The number of alkyl halides is 3. The highest BCUT2D eigenvalue weighted by molar-refractivity contribution is 5.96. The number of pyridine rings is 1. The number of nitrogens with zero attached hydrogens (tertiary/aromatic N) is 1. The lowest BCUT2D eigenvalue weighted by Gasteiger charge is -2.29. The van der Waals surface area contributed by atoms with Crippen molar-refractivity contribution in [1.29, 1.82) is 5.41 Å². The number of hydrogen-bond donors (Lipinski definition) is 3. The minimum Gasteiger partial charge on any atom is -0.618 e. The van der Waals surface area contributed by atoms with E-state index in [1.54, 1.807) is 13.0 Å². The van der Waals surface area contributed by atoms with E-state index in [1.165, 1.54) is 12.3 Å². The van der Waals surface area contributed by atoms with Gasteiger partial charge in [0, 0.05) is 41.8 Å². The molecule has 0 saturated heterocycles. The van der Waals surface area contributed by atoms with Crippen LogP contribution in [-0.2, 0) is 11.0 Å². The van der Waals surface area contributed by atoms with E-state index >= 15 is 0 Å². The lowest BCUT2D eigenvalue weighted by Crippen LogP contribution is -2.42. The fraction of sp³-hybridized carbons (Fsp3) is 0.440.